The first-order valence-electron chi connectivity index (χ1n) is 9.13. The minimum Gasteiger partial charge on any atom is -0.497 e. The molecule has 0 aliphatic carbocycles. The van der Waals surface area contributed by atoms with E-state index in [1.807, 2.05) is 30.3 Å². The Labute approximate surface area is 168 Å². The highest BCUT2D eigenvalue weighted by atomic mass is 32.2. The molecule has 0 radical (unpaired) electrons. The minimum atomic E-state index is -0.516. The van der Waals surface area contributed by atoms with Gasteiger partial charge in [0, 0.05) is 36.1 Å². The van der Waals surface area contributed by atoms with Crippen LogP contribution in [0.15, 0.2) is 48.5 Å². The molecule has 2 aromatic carbocycles. The van der Waals surface area contributed by atoms with Crippen LogP contribution in [0.5, 0.6) is 11.5 Å². The molecule has 146 valence electrons. The lowest BCUT2D eigenvalue weighted by atomic mass is 10.0. The SMILES string of the molecule is COc1cc(NC(=O)[C@@H]2CS[C@]3(c4ccccc4)CCC(=O)N23)cc(OC)c1. The van der Waals surface area contributed by atoms with Crippen LogP contribution >= 0.6 is 11.8 Å². The predicted molar refractivity (Wildman–Crippen MR) is 109 cm³/mol. The van der Waals surface area contributed by atoms with Crippen molar-refractivity contribution in [2.75, 3.05) is 25.3 Å². The molecule has 2 fully saturated rings. The van der Waals surface area contributed by atoms with E-state index in [4.69, 9.17) is 9.47 Å². The zero-order valence-electron chi connectivity index (χ0n) is 15.8. The number of carbonyl (C=O) groups excluding carboxylic acids is 2. The summed E-state index contributed by atoms with van der Waals surface area (Å²) in [5, 5.41) is 2.93. The van der Waals surface area contributed by atoms with Crippen LogP contribution in [0.3, 0.4) is 0 Å². The monoisotopic (exact) mass is 398 g/mol. The molecule has 1 N–H and O–H groups in total. The predicted octanol–water partition coefficient (Wildman–Crippen LogP) is 3.23. The number of carbonyl (C=O) groups is 2. The van der Waals surface area contributed by atoms with E-state index in [1.54, 1.807) is 49.1 Å². The van der Waals surface area contributed by atoms with Gasteiger partial charge in [-0.15, -0.1) is 11.8 Å². The first-order chi connectivity index (χ1) is 13.6. The average molecular weight is 398 g/mol. The molecule has 0 spiro atoms. The normalized spacial score (nSPS) is 23.4. The molecule has 2 atom stereocenters. The smallest absolute Gasteiger partial charge is 0.248 e. The second-order valence-electron chi connectivity index (χ2n) is 6.83. The molecular weight excluding hydrogens is 376 g/mol. The summed E-state index contributed by atoms with van der Waals surface area (Å²) in [6, 6.07) is 14.7. The van der Waals surface area contributed by atoms with Crippen molar-refractivity contribution in [3.05, 3.63) is 54.1 Å². The highest BCUT2D eigenvalue weighted by Crippen LogP contribution is 2.54. The molecule has 0 bridgehead atoms. The summed E-state index contributed by atoms with van der Waals surface area (Å²) in [5.41, 5.74) is 1.65. The number of rotatable bonds is 5. The largest absolute Gasteiger partial charge is 0.497 e. The van der Waals surface area contributed by atoms with Gasteiger partial charge in [-0.05, 0) is 12.0 Å². The van der Waals surface area contributed by atoms with Gasteiger partial charge < -0.3 is 19.7 Å². The Morgan fingerprint density at radius 3 is 2.46 bits per heavy atom. The first kappa shape index (κ1) is 18.7. The molecule has 6 nitrogen and oxygen atoms in total. The van der Waals surface area contributed by atoms with Gasteiger partial charge in [-0.25, -0.2) is 0 Å². The number of nitrogens with one attached hydrogen (secondary N) is 1. The van der Waals surface area contributed by atoms with Crippen LogP contribution < -0.4 is 14.8 Å². The van der Waals surface area contributed by atoms with Crippen LogP contribution in [0.25, 0.3) is 0 Å². The quantitative estimate of drug-likeness (QED) is 0.838. The molecule has 0 aromatic heterocycles. The number of hydrogen-bond acceptors (Lipinski definition) is 5. The van der Waals surface area contributed by atoms with Gasteiger partial charge >= 0.3 is 0 Å². The highest BCUT2D eigenvalue weighted by Gasteiger charge is 2.56. The van der Waals surface area contributed by atoms with Gasteiger partial charge in [0.25, 0.3) is 0 Å². The summed E-state index contributed by atoms with van der Waals surface area (Å²) in [6.07, 6.45) is 1.18. The van der Waals surface area contributed by atoms with Crippen LogP contribution in [0.2, 0.25) is 0 Å². The summed E-state index contributed by atoms with van der Waals surface area (Å²) in [7, 11) is 3.12. The van der Waals surface area contributed by atoms with Crippen molar-refractivity contribution in [1.29, 1.82) is 0 Å². The number of methoxy groups -OCH3 is 2. The molecule has 2 aliphatic heterocycles. The number of fused-ring (bicyclic) bond motifs is 1. The van der Waals surface area contributed by atoms with E-state index in [0.717, 1.165) is 12.0 Å². The number of nitrogens with zero attached hydrogens (tertiary/aromatic N) is 1. The lowest BCUT2D eigenvalue weighted by molar-refractivity contribution is -0.136. The van der Waals surface area contributed by atoms with E-state index < -0.39 is 10.9 Å². The lowest BCUT2D eigenvalue weighted by Crippen LogP contribution is -2.48. The fourth-order valence-corrected chi connectivity index (χ4v) is 5.59. The fourth-order valence-electron chi connectivity index (χ4n) is 3.94. The number of amides is 2. The second kappa shape index (κ2) is 7.39. The maximum atomic E-state index is 13.1. The summed E-state index contributed by atoms with van der Waals surface area (Å²) in [5.74, 6) is 1.57. The van der Waals surface area contributed by atoms with Crippen LogP contribution in [0.1, 0.15) is 18.4 Å². The van der Waals surface area contributed by atoms with Crippen LogP contribution in [-0.2, 0) is 14.5 Å². The van der Waals surface area contributed by atoms with E-state index in [1.165, 1.54) is 0 Å². The molecular formula is C21H22N2O4S. The van der Waals surface area contributed by atoms with Crippen molar-refractivity contribution >= 4 is 29.3 Å². The standard InChI is InChI=1S/C21H22N2O4S/c1-26-16-10-15(11-17(12-16)27-2)22-20(25)18-13-28-21(9-8-19(24)23(18)21)14-6-4-3-5-7-14/h3-7,10-12,18H,8-9,13H2,1-2H3,(H,22,25)/t18-,21-/m0/s1. The van der Waals surface area contributed by atoms with Gasteiger partial charge in [-0.3, -0.25) is 9.59 Å². The van der Waals surface area contributed by atoms with Crippen LogP contribution in [0.4, 0.5) is 5.69 Å². The van der Waals surface area contributed by atoms with Crippen molar-refractivity contribution < 1.29 is 19.1 Å². The number of anilines is 1. The molecule has 2 amide bonds. The van der Waals surface area contributed by atoms with Crippen LogP contribution in [0, 0.1) is 0 Å². The van der Waals surface area contributed by atoms with E-state index in [2.05, 4.69) is 5.32 Å². The van der Waals surface area contributed by atoms with Crippen molar-refractivity contribution in [2.24, 2.45) is 0 Å². The maximum absolute atomic E-state index is 13.1. The average Bonchev–Trinajstić information content (AvgIpc) is 3.27. The first-order valence-corrected chi connectivity index (χ1v) is 10.1. The molecule has 0 unspecified atom stereocenters. The molecule has 2 saturated heterocycles. The Balaban J connectivity index is 1.60. The Hall–Kier alpha value is -2.67. The zero-order valence-corrected chi connectivity index (χ0v) is 16.6. The topological polar surface area (TPSA) is 67.9 Å². The van der Waals surface area contributed by atoms with Gasteiger partial charge in [-0.2, -0.15) is 0 Å². The van der Waals surface area contributed by atoms with E-state index >= 15 is 0 Å². The van der Waals surface area contributed by atoms with Crippen molar-refractivity contribution in [3.63, 3.8) is 0 Å². The Kier molecular flexibility index (Phi) is 4.93. The Morgan fingerprint density at radius 2 is 1.82 bits per heavy atom. The van der Waals surface area contributed by atoms with Gasteiger partial charge in [0.05, 0.1) is 14.2 Å². The second-order valence-corrected chi connectivity index (χ2v) is 8.13. The molecule has 2 heterocycles. The van der Waals surface area contributed by atoms with Crippen molar-refractivity contribution in [2.45, 2.75) is 23.8 Å². The third kappa shape index (κ3) is 3.09. The summed E-state index contributed by atoms with van der Waals surface area (Å²) < 4.78 is 10.5. The van der Waals surface area contributed by atoms with Gasteiger partial charge in [0.2, 0.25) is 11.8 Å². The number of benzene rings is 2. The zero-order chi connectivity index (χ0) is 19.7. The van der Waals surface area contributed by atoms with Gasteiger partial charge in [0.15, 0.2) is 0 Å². The summed E-state index contributed by atoms with van der Waals surface area (Å²) >= 11 is 1.67. The number of hydrogen-bond donors (Lipinski definition) is 1. The van der Waals surface area contributed by atoms with Gasteiger partial charge in [0.1, 0.15) is 22.4 Å². The molecule has 7 heteroatoms. The number of ether oxygens (including phenoxy) is 2. The third-order valence-electron chi connectivity index (χ3n) is 5.27. The third-order valence-corrected chi connectivity index (χ3v) is 6.87. The highest BCUT2D eigenvalue weighted by molar-refractivity contribution is 8.00. The lowest BCUT2D eigenvalue weighted by Gasteiger charge is -2.34. The van der Waals surface area contributed by atoms with Crippen LogP contribution in [-0.4, -0.2) is 42.7 Å². The molecule has 4 rings (SSSR count). The summed E-state index contributed by atoms with van der Waals surface area (Å²) in [4.78, 5) is 27.1. The minimum absolute atomic E-state index is 0.0252. The maximum Gasteiger partial charge on any atom is 0.248 e. The van der Waals surface area contributed by atoms with E-state index in [0.29, 0.717) is 29.4 Å². The molecule has 28 heavy (non-hydrogen) atoms. The van der Waals surface area contributed by atoms with Crippen molar-refractivity contribution in [3.8, 4) is 11.5 Å². The summed E-state index contributed by atoms with van der Waals surface area (Å²) in [6.45, 7) is 0. The Morgan fingerprint density at radius 1 is 1.14 bits per heavy atom. The fraction of sp³-hybridized carbons (Fsp3) is 0.333. The van der Waals surface area contributed by atoms with Crippen molar-refractivity contribution in [1.82, 2.24) is 4.90 Å². The molecule has 2 aliphatic rings. The van der Waals surface area contributed by atoms with E-state index in [-0.39, 0.29) is 11.8 Å². The molecule has 0 saturated carbocycles. The molecule has 2 aromatic rings. The van der Waals surface area contributed by atoms with Gasteiger partial charge in [-0.1, -0.05) is 30.3 Å². The Bertz CT molecular complexity index is 882. The van der Waals surface area contributed by atoms with E-state index in [9.17, 15) is 9.59 Å². The number of thioether (sulfide) groups is 1.